The Morgan fingerprint density at radius 2 is 1.90 bits per heavy atom. The number of carbonyl (C=O) groups excluding carboxylic acids is 1. The van der Waals surface area contributed by atoms with Crippen LogP contribution in [0.15, 0.2) is 28.7 Å². The van der Waals surface area contributed by atoms with Crippen molar-refractivity contribution in [1.82, 2.24) is 0 Å². The molecule has 1 aliphatic heterocycles. The van der Waals surface area contributed by atoms with Crippen LogP contribution in [0.1, 0.15) is 35.2 Å². The Kier molecular flexibility index (Phi) is 3.88. The number of aryl methyl sites for hydroxylation is 1. The van der Waals surface area contributed by atoms with Crippen molar-refractivity contribution in [2.24, 2.45) is 0 Å². The zero-order chi connectivity index (χ0) is 14.8. The molecule has 0 saturated heterocycles. The molecule has 0 fully saturated rings. The topological polar surface area (TPSA) is 48.7 Å². The SMILES string of the molecule is CCc1ccc(C(=O)c2cc3c(cc2Cl)OCCCO3)o1. The molecule has 5 heteroatoms. The smallest absolute Gasteiger partial charge is 0.229 e. The first-order chi connectivity index (χ1) is 10.2. The third-order valence-corrected chi connectivity index (χ3v) is 3.63. The van der Waals surface area contributed by atoms with Crippen molar-refractivity contribution in [2.45, 2.75) is 19.8 Å². The largest absolute Gasteiger partial charge is 0.490 e. The Hall–Kier alpha value is -1.94. The van der Waals surface area contributed by atoms with Crippen LogP contribution in [0.4, 0.5) is 0 Å². The lowest BCUT2D eigenvalue weighted by molar-refractivity contribution is 0.101. The predicted octanol–water partition coefficient (Wildman–Crippen LogP) is 3.89. The first kappa shape index (κ1) is 14.0. The van der Waals surface area contributed by atoms with Gasteiger partial charge in [0.2, 0.25) is 5.78 Å². The molecule has 0 unspecified atom stereocenters. The first-order valence-electron chi connectivity index (χ1n) is 6.91. The third kappa shape index (κ3) is 2.76. The van der Waals surface area contributed by atoms with Crippen molar-refractivity contribution in [3.05, 3.63) is 46.4 Å². The van der Waals surface area contributed by atoms with Crippen molar-refractivity contribution in [3.63, 3.8) is 0 Å². The summed E-state index contributed by atoms with van der Waals surface area (Å²) in [5, 5.41) is 0.332. The van der Waals surface area contributed by atoms with Crippen LogP contribution in [-0.4, -0.2) is 19.0 Å². The van der Waals surface area contributed by atoms with Crippen molar-refractivity contribution in [2.75, 3.05) is 13.2 Å². The number of carbonyl (C=O) groups is 1. The van der Waals surface area contributed by atoms with Crippen molar-refractivity contribution in [3.8, 4) is 11.5 Å². The van der Waals surface area contributed by atoms with E-state index in [1.165, 1.54) is 0 Å². The van der Waals surface area contributed by atoms with E-state index < -0.39 is 0 Å². The van der Waals surface area contributed by atoms with Crippen LogP contribution in [-0.2, 0) is 6.42 Å². The Labute approximate surface area is 127 Å². The van der Waals surface area contributed by atoms with E-state index in [9.17, 15) is 4.79 Å². The number of ether oxygens (including phenoxy) is 2. The first-order valence-corrected chi connectivity index (χ1v) is 7.29. The molecule has 0 amide bonds. The van der Waals surface area contributed by atoms with Gasteiger partial charge in [-0.25, -0.2) is 0 Å². The lowest BCUT2D eigenvalue weighted by Crippen LogP contribution is -2.02. The van der Waals surface area contributed by atoms with Crippen LogP contribution in [0.5, 0.6) is 11.5 Å². The number of halogens is 1. The molecule has 110 valence electrons. The Morgan fingerprint density at radius 3 is 2.57 bits per heavy atom. The maximum atomic E-state index is 12.5. The summed E-state index contributed by atoms with van der Waals surface area (Å²) < 4.78 is 16.6. The number of furan rings is 1. The average Bonchev–Trinajstić information content (AvgIpc) is 2.86. The second-order valence-electron chi connectivity index (χ2n) is 4.78. The molecular weight excluding hydrogens is 292 g/mol. The van der Waals surface area contributed by atoms with E-state index in [0.717, 1.165) is 18.6 Å². The summed E-state index contributed by atoms with van der Waals surface area (Å²) in [6.07, 6.45) is 1.54. The van der Waals surface area contributed by atoms with E-state index in [1.807, 2.05) is 6.92 Å². The highest BCUT2D eigenvalue weighted by Crippen LogP contribution is 2.36. The Bertz CT molecular complexity index is 675. The second-order valence-corrected chi connectivity index (χ2v) is 5.19. The summed E-state index contributed by atoms with van der Waals surface area (Å²) in [7, 11) is 0. The van der Waals surface area contributed by atoms with Gasteiger partial charge in [-0.05, 0) is 18.2 Å². The molecular formula is C16H15ClO4. The number of ketones is 1. The average molecular weight is 307 g/mol. The minimum atomic E-state index is -0.254. The van der Waals surface area contributed by atoms with E-state index >= 15 is 0 Å². The molecule has 3 rings (SSSR count). The summed E-state index contributed by atoms with van der Waals surface area (Å²) in [4.78, 5) is 12.5. The van der Waals surface area contributed by atoms with Crippen molar-refractivity contribution >= 4 is 17.4 Å². The quantitative estimate of drug-likeness (QED) is 0.807. The minimum Gasteiger partial charge on any atom is -0.490 e. The van der Waals surface area contributed by atoms with Crippen LogP contribution >= 0.6 is 11.6 Å². The molecule has 0 spiro atoms. The molecule has 1 aromatic heterocycles. The molecule has 0 saturated carbocycles. The lowest BCUT2D eigenvalue weighted by atomic mass is 10.1. The normalized spacial score (nSPS) is 13.8. The molecule has 4 nitrogen and oxygen atoms in total. The zero-order valence-corrected chi connectivity index (χ0v) is 12.4. The van der Waals surface area contributed by atoms with Gasteiger partial charge in [-0.15, -0.1) is 0 Å². The number of hydrogen-bond donors (Lipinski definition) is 0. The van der Waals surface area contributed by atoms with E-state index in [-0.39, 0.29) is 11.5 Å². The summed E-state index contributed by atoms with van der Waals surface area (Å²) in [5.41, 5.74) is 0.359. The van der Waals surface area contributed by atoms with Crippen LogP contribution in [0.25, 0.3) is 0 Å². The monoisotopic (exact) mass is 306 g/mol. The molecule has 0 atom stereocenters. The van der Waals surface area contributed by atoms with E-state index in [2.05, 4.69) is 0 Å². The molecule has 2 aromatic rings. The van der Waals surface area contributed by atoms with Gasteiger partial charge in [-0.1, -0.05) is 18.5 Å². The molecule has 0 radical (unpaired) electrons. The number of benzene rings is 1. The summed E-state index contributed by atoms with van der Waals surface area (Å²) in [6.45, 7) is 3.10. The van der Waals surface area contributed by atoms with Gasteiger partial charge in [0.25, 0.3) is 0 Å². The molecule has 1 aliphatic rings. The van der Waals surface area contributed by atoms with Crippen LogP contribution in [0.3, 0.4) is 0 Å². The fraction of sp³-hybridized carbons (Fsp3) is 0.312. The molecule has 1 aromatic carbocycles. The number of fused-ring (bicyclic) bond motifs is 1. The summed E-state index contributed by atoms with van der Waals surface area (Å²) >= 11 is 6.20. The predicted molar refractivity (Wildman–Crippen MR) is 78.6 cm³/mol. The minimum absolute atomic E-state index is 0.254. The van der Waals surface area contributed by atoms with Crippen molar-refractivity contribution < 1.29 is 18.7 Å². The molecule has 2 heterocycles. The van der Waals surface area contributed by atoms with Gasteiger partial charge in [0.15, 0.2) is 17.3 Å². The maximum Gasteiger partial charge on any atom is 0.229 e. The molecule has 21 heavy (non-hydrogen) atoms. The standard InChI is InChI=1S/C16H15ClO4/c1-2-10-4-5-13(21-10)16(18)11-8-14-15(9-12(11)17)20-7-3-6-19-14/h4-5,8-9H,2-3,6-7H2,1H3. The van der Waals surface area contributed by atoms with Crippen LogP contribution in [0.2, 0.25) is 5.02 Å². The highest BCUT2D eigenvalue weighted by molar-refractivity contribution is 6.35. The third-order valence-electron chi connectivity index (χ3n) is 3.32. The summed E-state index contributed by atoms with van der Waals surface area (Å²) in [5.74, 6) is 1.91. The Morgan fingerprint density at radius 1 is 1.19 bits per heavy atom. The van der Waals surface area contributed by atoms with E-state index in [1.54, 1.807) is 24.3 Å². The van der Waals surface area contributed by atoms with Gasteiger partial charge >= 0.3 is 0 Å². The van der Waals surface area contributed by atoms with Gasteiger partial charge < -0.3 is 13.9 Å². The van der Waals surface area contributed by atoms with Gasteiger partial charge in [0.05, 0.1) is 18.2 Å². The van der Waals surface area contributed by atoms with Crippen LogP contribution < -0.4 is 9.47 Å². The fourth-order valence-electron chi connectivity index (χ4n) is 2.18. The van der Waals surface area contributed by atoms with Gasteiger partial charge in [0.1, 0.15) is 5.76 Å². The zero-order valence-electron chi connectivity index (χ0n) is 11.6. The highest BCUT2D eigenvalue weighted by atomic mass is 35.5. The van der Waals surface area contributed by atoms with E-state index in [4.69, 9.17) is 25.5 Å². The van der Waals surface area contributed by atoms with E-state index in [0.29, 0.717) is 35.3 Å². The molecule has 0 bridgehead atoms. The summed E-state index contributed by atoms with van der Waals surface area (Å²) in [6, 6.07) is 6.71. The van der Waals surface area contributed by atoms with Gasteiger partial charge in [0, 0.05) is 24.5 Å². The van der Waals surface area contributed by atoms with Gasteiger partial charge in [-0.3, -0.25) is 4.79 Å². The van der Waals surface area contributed by atoms with Crippen LogP contribution in [0, 0.1) is 0 Å². The van der Waals surface area contributed by atoms with Crippen molar-refractivity contribution in [1.29, 1.82) is 0 Å². The molecule has 0 aliphatic carbocycles. The second kappa shape index (κ2) is 5.82. The maximum absolute atomic E-state index is 12.5. The fourth-order valence-corrected chi connectivity index (χ4v) is 2.42. The number of rotatable bonds is 3. The highest BCUT2D eigenvalue weighted by Gasteiger charge is 2.21. The van der Waals surface area contributed by atoms with Gasteiger partial charge in [-0.2, -0.15) is 0 Å². The Balaban J connectivity index is 1.97. The molecule has 0 N–H and O–H groups in total. The number of hydrogen-bond acceptors (Lipinski definition) is 4. The lowest BCUT2D eigenvalue weighted by Gasteiger charge is -2.10.